The van der Waals surface area contributed by atoms with Crippen LogP contribution in [0.1, 0.15) is 24.5 Å². The van der Waals surface area contributed by atoms with Gasteiger partial charge in [-0.05, 0) is 53.0 Å². The van der Waals surface area contributed by atoms with Crippen molar-refractivity contribution in [1.82, 2.24) is 5.32 Å². The molecular weight excluding hydrogens is 261 g/mol. The minimum absolute atomic E-state index is 0.0994. The van der Waals surface area contributed by atoms with Crippen molar-refractivity contribution in [1.29, 1.82) is 0 Å². The summed E-state index contributed by atoms with van der Waals surface area (Å²) in [6.45, 7) is 0.949. The molecule has 2 atom stereocenters. The molecule has 0 aromatic heterocycles. The van der Waals surface area contributed by atoms with Crippen LogP contribution in [0.3, 0.4) is 0 Å². The summed E-state index contributed by atoms with van der Waals surface area (Å²) < 4.78 is 13.4. The van der Waals surface area contributed by atoms with E-state index in [2.05, 4.69) is 21.2 Å². The zero-order chi connectivity index (χ0) is 10.8. The van der Waals surface area contributed by atoms with Crippen LogP contribution < -0.4 is 5.32 Å². The summed E-state index contributed by atoms with van der Waals surface area (Å²) in [7, 11) is 0. The quantitative estimate of drug-likeness (QED) is 0.867. The van der Waals surface area contributed by atoms with Gasteiger partial charge in [-0.25, -0.2) is 4.39 Å². The smallest absolute Gasteiger partial charge is 0.137 e. The summed E-state index contributed by atoms with van der Waals surface area (Å²) in [5, 5.41) is 13.3. The first kappa shape index (κ1) is 11.0. The fourth-order valence-electron chi connectivity index (χ4n) is 1.91. The molecule has 2 nitrogen and oxygen atoms in total. The lowest BCUT2D eigenvalue weighted by molar-refractivity contribution is 0.137. The number of rotatable bonds is 2. The first-order valence-corrected chi connectivity index (χ1v) is 5.84. The van der Waals surface area contributed by atoms with Crippen molar-refractivity contribution in [2.45, 2.75) is 25.0 Å². The van der Waals surface area contributed by atoms with Crippen LogP contribution in [0.2, 0.25) is 0 Å². The molecule has 0 spiro atoms. The van der Waals surface area contributed by atoms with Gasteiger partial charge >= 0.3 is 0 Å². The Labute approximate surface area is 96.6 Å². The molecule has 1 aliphatic rings. The highest BCUT2D eigenvalue weighted by molar-refractivity contribution is 9.10. The lowest BCUT2D eigenvalue weighted by atomic mass is 10.0. The maximum atomic E-state index is 13.0. The summed E-state index contributed by atoms with van der Waals surface area (Å²) in [6, 6.07) is 4.74. The lowest BCUT2D eigenvalue weighted by Crippen LogP contribution is -2.28. The van der Waals surface area contributed by atoms with Crippen LogP contribution in [0.15, 0.2) is 22.7 Å². The van der Waals surface area contributed by atoms with Crippen LogP contribution in [-0.4, -0.2) is 17.7 Å². The standard InChI is InChI=1S/C11H13BrFNO/c12-8-6-7(3-4-9(8)13)11(15)10-2-1-5-14-10/h3-4,6,10-11,14-15H,1-2,5H2. The predicted molar refractivity (Wildman–Crippen MR) is 60.1 cm³/mol. The molecule has 1 heterocycles. The number of aliphatic hydroxyl groups excluding tert-OH is 1. The van der Waals surface area contributed by atoms with E-state index < -0.39 is 6.10 Å². The molecule has 2 rings (SSSR count). The molecule has 0 radical (unpaired) electrons. The van der Waals surface area contributed by atoms with Crippen LogP contribution in [0, 0.1) is 5.82 Å². The highest BCUT2D eigenvalue weighted by Crippen LogP contribution is 2.26. The first-order chi connectivity index (χ1) is 7.18. The third-order valence-corrected chi connectivity index (χ3v) is 3.37. The fraction of sp³-hybridized carbons (Fsp3) is 0.455. The van der Waals surface area contributed by atoms with Gasteiger partial charge in [0.05, 0.1) is 10.6 Å². The second-order valence-corrected chi connectivity index (χ2v) is 4.68. The summed E-state index contributed by atoms with van der Waals surface area (Å²) in [5.74, 6) is -0.301. The van der Waals surface area contributed by atoms with Gasteiger partial charge in [-0.3, -0.25) is 0 Å². The van der Waals surface area contributed by atoms with E-state index in [1.54, 1.807) is 12.1 Å². The molecular formula is C11H13BrFNO. The van der Waals surface area contributed by atoms with Gasteiger partial charge in [0.1, 0.15) is 5.82 Å². The summed E-state index contributed by atoms with van der Waals surface area (Å²) in [6.07, 6.45) is 1.50. The van der Waals surface area contributed by atoms with Crippen LogP contribution in [0.5, 0.6) is 0 Å². The molecule has 2 N–H and O–H groups in total. The lowest BCUT2D eigenvalue weighted by Gasteiger charge is -2.18. The van der Waals surface area contributed by atoms with Crippen molar-refractivity contribution in [3.63, 3.8) is 0 Å². The van der Waals surface area contributed by atoms with E-state index in [0.717, 1.165) is 24.9 Å². The topological polar surface area (TPSA) is 32.3 Å². The van der Waals surface area contributed by atoms with Gasteiger partial charge in [0.25, 0.3) is 0 Å². The third-order valence-electron chi connectivity index (χ3n) is 2.76. The molecule has 1 aromatic rings. The average molecular weight is 274 g/mol. The monoisotopic (exact) mass is 273 g/mol. The van der Waals surface area contributed by atoms with E-state index in [4.69, 9.17) is 0 Å². The SMILES string of the molecule is OC(c1ccc(F)c(Br)c1)C1CCCN1. The molecule has 15 heavy (non-hydrogen) atoms. The van der Waals surface area contributed by atoms with Crippen LogP contribution >= 0.6 is 15.9 Å². The van der Waals surface area contributed by atoms with Crippen LogP contribution in [-0.2, 0) is 0 Å². The minimum Gasteiger partial charge on any atom is -0.387 e. The average Bonchev–Trinajstić information content (AvgIpc) is 2.74. The molecule has 0 aliphatic carbocycles. The Morgan fingerprint density at radius 2 is 2.33 bits per heavy atom. The fourth-order valence-corrected chi connectivity index (χ4v) is 2.31. The van der Waals surface area contributed by atoms with Gasteiger partial charge < -0.3 is 10.4 Å². The maximum Gasteiger partial charge on any atom is 0.137 e. The number of halogens is 2. The van der Waals surface area contributed by atoms with Gasteiger partial charge in [-0.15, -0.1) is 0 Å². The number of aliphatic hydroxyl groups is 1. The Morgan fingerprint density at radius 3 is 2.93 bits per heavy atom. The zero-order valence-corrected chi connectivity index (χ0v) is 9.80. The highest BCUT2D eigenvalue weighted by Gasteiger charge is 2.24. The molecule has 0 bridgehead atoms. The second kappa shape index (κ2) is 4.60. The van der Waals surface area contributed by atoms with Gasteiger partial charge in [0.15, 0.2) is 0 Å². The Hall–Kier alpha value is -0.450. The molecule has 2 unspecified atom stereocenters. The predicted octanol–water partition coefficient (Wildman–Crippen LogP) is 2.37. The van der Waals surface area contributed by atoms with Gasteiger partial charge in [-0.2, -0.15) is 0 Å². The molecule has 4 heteroatoms. The molecule has 82 valence electrons. The van der Waals surface area contributed by atoms with Crippen molar-refractivity contribution in [2.24, 2.45) is 0 Å². The number of hydrogen-bond acceptors (Lipinski definition) is 2. The van der Waals surface area contributed by atoms with E-state index in [1.807, 2.05) is 0 Å². The molecule has 1 aromatic carbocycles. The Kier molecular flexibility index (Phi) is 3.38. The van der Waals surface area contributed by atoms with Gasteiger partial charge in [0.2, 0.25) is 0 Å². The molecule has 1 aliphatic heterocycles. The van der Waals surface area contributed by atoms with E-state index in [0.29, 0.717) is 4.47 Å². The Morgan fingerprint density at radius 1 is 1.53 bits per heavy atom. The summed E-state index contributed by atoms with van der Waals surface area (Å²) in [4.78, 5) is 0. The molecule has 0 saturated carbocycles. The van der Waals surface area contributed by atoms with Crippen molar-refractivity contribution in [3.8, 4) is 0 Å². The number of benzene rings is 1. The van der Waals surface area contributed by atoms with Gasteiger partial charge in [0, 0.05) is 6.04 Å². The van der Waals surface area contributed by atoms with E-state index >= 15 is 0 Å². The molecule has 1 fully saturated rings. The molecule has 1 saturated heterocycles. The highest BCUT2D eigenvalue weighted by atomic mass is 79.9. The summed E-state index contributed by atoms with van der Waals surface area (Å²) >= 11 is 3.12. The zero-order valence-electron chi connectivity index (χ0n) is 8.21. The second-order valence-electron chi connectivity index (χ2n) is 3.82. The maximum absolute atomic E-state index is 13.0. The van der Waals surface area contributed by atoms with Crippen molar-refractivity contribution in [2.75, 3.05) is 6.54 Å². The van der Waals surface area contributed by atoms with Gasteiger partial charge in [-0.1, -0.05) is 6.07 Å². The van der Waals surface area contributed by atoms with E-state index in [-0.39, 0.29) is 11.9 Å². The van der Waals surface area contributed by atoms with Crippen LogP contribution in [0.25, 0.3) is 0 Å². The van der Waals surface area contributed by atoms with Crippen LogP contribution in [0.4, 0.5) is 4.39 Å². The van der Waals surface area contributed by atoms with E-state index in [9.17, 15) is 9.50 Å². The largest absolute Gasteiger partial charge is 0.387 e. The Bertz CT molecular complexity index is 352. The summed E-state index contributed by atoms with van der Waals surface area (Å²) in [5.41, 5.74) is 0.752. The van der Waals surface area contributed by atoms with Crippen molar-refractivity contribution < 1.29 is 9.50 Å². The van der Waals surface area contributed by atoms with E-state index in [1.165, 1.54) is 6.07 Å². The first-order valence-electron chi connectivity index (χ1n) is 5.05. The minimum atomic E-state index is -0.551. The molecule has 0 amide bonds. The third kappa shape index (κ3) is 2.38. The van der Waals surface area contributed by atoms with Crippen molar-refractivity contribution >= 4 is 15.9 Å². The number of hydrogen-bond donors (Lipinski definition) is 2. The number of nitrogens with one attached hydrogen (secondary N) is 1. The normalized spacial score (nSPS) is 23.0. The van der Waals surface area contributed by atoms with Crippen molar-refractivity contribution in [3.05, 3.63) is 34.1 Å². The Balaban J connectivity index is 2.17.